The second-order valence-corrected chi connectivity index (χ2v) is 6.91. The van der Waals surface area contributed by atoms with E-state index in [9.17, 15) is 5.21 Å². The zero-order valence-electron chi connectivity index (χ0n) is 16.0. The highest BCUT2D eigenvalue weighted by Crippen LogP contribution is 2.50. The molecule has 1 aromatic carbocycles. The molecule has 27 heavy (non-hydrogen) atoms. The molecule has 1 aromatic heterocycles. The molecule has 144 valence electrons. The Kier molecular flexibility index (Phi) is 4.49. The Balaban J connectivity index is 1.86. The summed E-state index contributed by atoms with van der Waals surface area (Å²) in [6, 6.07) is 3.83. The van der Waals surface area contributed by atoms with Crippen LogP contribution >= 0.6 is 0 Å². The molecule has 0 bridgehead atoms. The average molecular weight is 372 g/mol. The van der Waals surface area contributed by atoms with Gasteiger partial charge < -0.3 is 18.6 Å². The number of ether oxygens (including phenoxy) is 3. The lowest BCUT2D eigenvalue weighted by atomic mass is 9.90. The molecule has 2 aliphatic heterocycles. The lowest BCUT2D eigenvalue weighted by Crippen LogP contribution is -2.32. The van der Waals surface area contributed by atoms with Gasteiger partial charge in [0, 0.05) is 17.7 Å². The van der Waals surface area contributed by atoms with Crippen LogP contribution in [0.4, 0.5) is 0 Å². The van der Waals surface area contributed by atoms with E-state index >= 15 is 0 Å². The van der Waals surface area contributed by atoms with Gasteiger partial charge in [-0.1, -0.05) is 0 Å². The average Bonchev–Trinajstić information content (AvgIpc) is 3.25. The van der Waals surface area contributed by atoms with E-state index in [-0.39, 0.29) is 12.8 Å². The molecule has 7 nitrogen and oxygen atoms in total. The molecule has 2 aromatic rings. The van der Waals surface area contributed by atoms with E-state index in [1.165, 1.54) is 0 Å². The van der Waals surface area contributed by atoms with Gasteiger partial charge in [0.25, 0.3) is 0 Å². The smallest absolute Gasteiger partial charge is 0.231 e. The maximum absolute atomic E-state index is 9.81. The Bertz CT molecular complexity index is 902. The van der Waals surface area contributed by atoms with Gasteiger partial charge in [0.15, 0.2) is 11.5 Å². The van der Waals surface area contributed by atoms with Crippen molar-refractivity contribution in [2.75, 3.05) is 27.5 Å². The van der Waals surface area contributed by atoms with Crippen molar-refractivity contribution in [3.05, 3.63) is 46.4 Å². The summed E-state index contributed by atoms with van der Waals surface area (Å²) in [6.45, 7) is 4.84. The van der Waals surface area contributed by atoms with Crippen LogP contribution in [0.15, 0.2) is 22.6 Å². The van der Waals surface area contributed by atoms with Crippen molar-refractivity contribution in [3.63, 3.8) is 0 Å². The number of fused-ring (bicyclic) bond motifs is 2. The Morgan fingerprint density at radius 2 is 2.15 bits per heavy atom. The minimum Gasteiger partial charge on any atom is -0.492 e. The number of furan rings is 1. The topological polar surface area (TPSA) is 76.3 Å². The fourth-order valence-corrected chi connectivity index (χ4v) is 3.92. The fourth-order valence-electron chi connectivity index (χ4n) is 3.92. The van der Waals surface area contributed by atoms with Gasteiger partial charge in [0.2, 0.25) is 12.5 Å². The lowest BCUT2D eigenvalue weighted by Gasteiger charge is -2.34. The van der Waals surface area contributed by atoms with Crippen molar-refractivity contribution in [1.29, 1.82) is 0 Å². The van der Waals surface area contributed by atoms with Crippen molar-refractivity contribution < 1.29 is 23.8 Å². The second kappa shape index (κ2) is 6.83. The fraction of sp³-hybridized carbons (Fsp3) is 0.400. The van der Waals surface area contributed by atoms with Gasteiger partial charge in [-0.05, 0) is 51.1 Å². The van der Waals surface area contributed by atoms with Crippen LogP contribution in [-0.4, -0.2) is 37.6 Å². The molecule has 0 amide bonds. The van der Waals surface area contributed by atoms with Gasteiger partial charge in [-0.15, -0.1) is 0 Å². The summed E-state index contributed by atoms with van der Waals surface area (Å²) in [6.07, 6.45) is 2.87. The molecule has 0 spiro atoms. The standard InChI is InChI=1S/C20H24N2O5/c1-11-7-14(12(2)27-11)15(21-23)9-16-18-13(5-6-22(16)3)8-17-19(20(18)24-4)26-10-25-17/h7-9,16,21,23H,5-6,10H2,1-4H3/t16-/m1/s1. The number of likely N-dealkylation sites (N-methyl/N-ethyl adjacent to an activating group) is 1. The molecule has 0 saturated carbocycles. The third kappa shape index (κ3) is 2.93. The number of hydroxylamine groups is 1. The van der Waals surface area contributed by atoms with Crippen molar-refractivity contribution in [1.82, 2.24) is 10.4 Å². The third-order valence-corrected chi connectivity index (χ3v) is 5.23. The zero-order valence-corrected chi connectivity index (χ0v) is 16.0. The van der Waals surface area contributed by atoms with Crippen LogP contribution in [0.5, 0.6) is 17.2 Å². The van der Waals surface area contributed by atoms with Gasteiger partial charge in [-0.25, -0.2) is 0 Å². The number of methoxy groups -OCH3 is 1. The van der Waals surface area contributed by atoms with E-state index in [1.54, 1.807) is 7.11 Å². The highest BCUT2D eigenvalue weighted by Gasteiger charge is 2.33. The first-order valence-corrected chi connectivity index (χ1v) is 8.92. The Morgan fingerprint density at radius 3 is 2.81 bits per heavy atom. The summed E-state index contributed by atoms with van der Waals surface area (Å²) >= 11 is 0. The van der Waals surface area contributed by atoms with E-state index in [4.69, 9.17) is 18.6 Å². The summed E-state index contributed by atoms with van der Waals surface area (Å²) in [4.78, 5) is 2.21. The maximum atomic E-state index is 9.81. The third-order valence-electron chi connectivity index (χ3n) is 5.23. The van der Waals surface area contributed by atoms with Crippen LogP contribution in [0.25, 0.3) is 5.70 Å². The molecule has 0 fully saturated rings. The number of rotatable bonds is 4. The predicted molar refractivity (Wildman–Crippen MR) is 99.3 cm³/mol. The van der Waals surface area contributed by atoms with Crippen LogP contribution in [0.1, 0.15) is 34.3 Å². The first-order valence-electron chi connectivity index (χ1n) is 8.92. The minimum atomic E-state index is -0.109. The molecular formula is C20H24N2O5. The van der Waals surface area contributed by atoms with E-state index in [0.717, 1.165) is 46.9 Å². The maximum Gasteiger partial charge on any atom is 0.231 e. The molecule has 3 heterocycles. The number of benzene rings is 1. The molecule has 2 aliphatic rings. The van der Waals surface area contributed by atoms with Crippen LogP contribution in [0.3, 0.4) is 0 Å². The molecule has 7 heteroatoms. The molecule has 2 N–H and O–H groups in total. The summed E-state index contributed by atoms with van der Waals surface area (Å²) in [5.41, 5.74) is 5.95. The molecule has 4 rings (SSSR count). The first kappa shape index (κ1) is 17.8. The number of hydrogen-bond donors (Lipinski definition) is 2. The highest BCUT2D eigenvalue weighted by atomic mass is 16.7. The number of aryl methyl sites for hydroxylation is 2. The molecule has 0 aliphatic carbocycles. The molecule has 0 saturated heterocycles. The minimum absolute atomic E-state index is 0.109. The predicted octanol–water partition coefficient (Wildman–Crippen LogP) is 3.18. The monoisotopic (exact) mass is 372 g/mol. The lowest BCUT2D eigenvalue weighted by molar-refractivity contribution is 0.171. The van der Waals surface area contributed by atoms with Gasteiger partial charge in [-0.3, -0.25) is 15.6 Å². The summed E-state index contributed by atoms with van der Waals surface area (Å²) in [5.74, 6) is 3.59. The number of nitrogens with one attached hydrogen (secondary N) is 1. The largest absolute Gasteiger partial charge is 0.492 e. The molecular weight excluding hydrogens is 348 g/mol. The van der Waals surface area contributed by atoms with Crippen LogP contribution in [-0.2, 0) is 6.42 Å². The second-order valence-electron chi connectivity index (χ2n) is 6.91. The normalized spacial score (nSPS) is 19.1. The van der Waals surface area contributed by atoms with Gasteiger partial charge in [0.05, 0.1) is 18.8 Å². The van der Waals surface area contributed by atoms with Crippen molar-refractivity contribution in [3.8, 4) is 17.2 Å². The number of hydrogen-bond acceptors (Lipinski definition) is 7. The zero-order chi connectivity index (χ0) is 19.1. The van der Waals surface area contributed by atoms with Crippen molar-refractivity contribution in [2.45, 2.75) is 26.3 Å². The highest BCUT2D eigenvalue weighted by molar-refractivity contribution is 5.68. The van der Waals surface area contributed by atoms with E-state index < -0.39 is 0 Å². The molecule has 0 radical (unpaired) electrons. The Hall–Kier alpha value is -2.64. The molecule has 1 atom stereocenters. The first-order chi connectivity index (χ1) is 13.0. The molecule has 0 unspecified atom stereocenters. The summed E-state index contributed by atoms with van der Waals surface area (Å²) < 4.78 is 22.5. The van der Waals surface area contributed by atoms with E-state index in [2.05, 4.69) is 17.4 Å². The Morgan fingerprint density at radius 1 is 1.33 bits per heavy atom. The van der Waals surface area contributed by atoms with Crippen molar-refractivity contribution >= 4 is 5.70 Å². The van der Waals surface area contributed by atoms with E-state index in [1.807, 2.05) is 32.1 Å². The van der Waals surface area contributed by atoms with Crippen LogP contribution < -0.4 is 19.7 Å². The SMILES string of the molecule is COc1c2c(cc3c1[C@@H](C=C(NO)c1cc(C)oc1C)N(C)CC3)OCO2. The van der Waals surface area contributed by atoms with Crippen LogP contribution in [0.2, 0.25) is 0 Å². The summed E-state index contributed by atoms with van der Waals surface area (Å²) in [7, 11) is 3.69. The van der Waals surface area contributed by atoms with Crippen molar-refractivity contribution in [2.24, 2.45) is 0 Å². The summed E-state index contributed by atoms with van der Waals surface area (Å²) in [5, 5.41) is 9.81. The van der Waals surface area contributed by atoms with Gasteiger partial charge >= 0.3 is 0 Å². The number of nitrogens with zero attached hydrogens (tertiary/aromatic N) is 1. The van der Waals surface area contributed by atoms with Gasteiger partial charge in [0.1, 0.15) is 11.5 Å². The Labute approximate surface area is 158 Å². The van der Waals surface area contributed by atoms with E-state index in [0.29, 0.717) is 17.2 Å². The van der Waals surface area contributed by atoms with Gasteiger partial charge in [-0.2, -0.15) is 0 Å². The quantitative estimate of drug-likeness (QED) is 0.798. The van der Waals surface area contributed by atoms with Crippen LogP contribution in [0, 0.1) is 13.8 Å².